The molecule has 4 unspecified atom stereocenters. The quantitative estimate of drug-likeness (QED) is 0.460. The lowest BCUT2D eigenvalue weighted by Crippen LogP contribution is -2.64. The van der Waals surface area contributed by atoms with Gasteiger partial charge in [-0.2, -0.15) is 0 Å². The van der Waals surface area contributed by atoms with Crippen molar-refractivity contribution in [1.82, 2.24) is 0 Å². The first kappa shape index (κ1) is 19.8. The van der Waals surface area contributed by atoms with Gasteiger partial charge >= 0.3 is 0 Å². The summed E-state index contributed by atoms with van der Waals surface area (Å²) < 4.78 is 33.8. The van der Waals surface area contributed by atoms with Crippen molar-refractivity contribution >= 4 is 0 Å². The Hall–Kier alpha value is -1.18. The topological polar surface area (TPSA) is 136 Å². The summed E-state index contributed by atoms with van der Waals surface area (Å²) in [6.45, 7) is 0.251. The molecule has 0 amide bonds. The van der Waals surface area contributed by atoms with E-state index in [9.17, 15) is 20.4 Å². The maximum absolute atomic E-state index is 10.6. The van der Waals surface area contributed by atoms with Crippen LogP contribution in [0.25, 0.3) is 0 Å². The Balaban J connectivity index is 1.27. The van der Waals surface area contributed by atoms with E-state index in [0.717, 1.165) is 5.56 Å². The SMILES string of the molecule is OC1[C@H](O[C@@H]2O[C@H]3COC(c4ccccc4)O[C@H]3C(O)[C@@H]2O)C2CO[C@H](O2)[C@H]1O. The molecule has 2 bridgehead atoms. The fourth-order valence-electron chi connectivity index (χ4n) is 4.16. The first-order valence-electron chi connectivity index (χ1n) is 9.65. The van der Waals surface area contributed by atoms with Gasteiger partial charge in [-0.3, -0.25) is 0 Å². The summed E-state index contributed by atoms with van der Waals surface area (Å²) in [5.74, 6) is 0. The zero-order valence-corrected chi connectivity index (χ0v) is 15.4. The summed E-state index contributed by atoms with van der Waals surface area (Å²) in [6, 6.07) is 9.26. The molecule has 10 heteroatoms. The molecular weight excluding hydrogens is 388 g/mol. The van der Waals surface area contributed by atoms with E-state index in [4.69, 9.17) is 28.4 Å². The van der Waals surface area contributed by atoms with Gasteiger partial charge in [-0.1, -0.05) is 30.3 Å². The van der Waals surface area contributed by atoms with E-state index in [1.807, 2.05) is 30.3 Å². The average molecular weight is 412 g/mol. The Kier molecular flexibility index (Phi) is 5.33. The Morgan fingerprint density at radius 3 is 2.31 bits per heavy atom. The predicted octanol–water partition coefficient (Wildman–Crippen LogP) is -1.59. The van der Waals surface area contributed by atoms with Crippen molar-refractivity contribution in [2.45, 2.75) is 67.7 Å². The standard InChI is InChI=1S/C19H24O10/c20-11-13(22)18-25-7-9(26-18)16(11)29-19-14(23)12(21)15-10(27-19)6-24-17(28-15)8-4-2-1-3-5-8/h1-5,9-23H,6-7H2/t9?,10-,11?,12?,13-,14-,15+,16+,17?,18+,19-/m0/s1. The number of rotatable bonds is 3. The van der Waals surface area contributed by atoms with Gasteiger partial charge in [-0.25, -0.2) is 0 Å². The molecule has 4 heterocycles. The fraction of sp³-hybridized carbons (Fsp3) is 0.684. The molecule has 1 aromatic rings. The van der Waals surface area contributed by atoms with Crippen LogP contribution in [0.4, 0.5) is 0 Å². The van der Waals surface area contributed by atoms with Gasteiger partial charge in [0.15, 0.2) is 18.9 Å². The summed E-state index contributed by atoms with van der Waals surface area (Å²) in [7, 11) is 0. The molecule has 0 radical (unpaired) electrons. The van der Waals surface area contributed by atoms with Crippen LogP contribution in [0, 0.1) is 0 Å². The van der Waals surface area contributed by atoms with Gasteiger partial charge in [0.1, 0.15) is 48.8 Å². The smallest absolute Gasteiger partial charge is 0.187 e. The monoisotopic (exact) mass is 412 g/mol. The van der Waals surface area contributed by atoms with Gasteiger partial charge in [-0.05, 0) is 0 Å². The van der Waals surface area contributed by atoms with Gasteiger partial charge in [0, 0.05) is 5.56 Å². The largest absolute Gasteiger partial charge is 0.387 e. The van der Waals surface area contributed by atoms with Crippen LogP contribution in [0.5, 0.6) is 0 Å². The molecule has 10 nitrogen and oxygen atoms in total. The van der Waals surface area contributed by atoms with Crippen LogP contribution in [-0.2, 0) is 28.4 Å². The van der Waals surface area contributed by atoms with Crippen LogP contribution in [0.1, 0.15) is 11.9 Å². The molecule has 4 N–H and O–H groups in total. The summed E-state index contributed by atoms with van der Waals surface area (Å²) in [4.78, 5) is 0. The maximum atomic E-state index is 10.6. The van der Waals surface area contributed by atoms with Crippen LogP contribution in [0.3, 0.4) is 0 Å². The summed E-state index contributed by atoms with van der Waals surface area (Å²) in [5.41, 5.74) is 0.790. The highest BCUT2D eigenvalue weighted by Crippen LogP contribution is 2.36. The number of hydrogen-bond acceptors (Lipinski definition) is 10. The first-order valence-corrected chi connectivity index (χ1v) is 9.65. The Morgan fingerprint density at radius 1 is 0.759 bits per heavy atom. The highest BCUT2D eigenvalue weighted by Gasteiger charge is 2.54. The van der Waals surface area contributed by atoms with Gasteiger partial charge < -0.3 is 48.8 Å². The Bertz CT molecular complexity index is 701. The molecule has 0 aliphatic carbocycles. The van der Waals surface area contributed by atoms with Crippen LogP contribution in [-0.4, -0.2) is 95.1 Å². The average Bonchev–Trinajstić information content (AvgIpc) is 3.20. The van der Waals surface area contributed by atoms with E-state index in [0.29, 0.717) is 0 Å². The van der Waals surface area contributed by atoms with Crippen molar-refractivity contribution in [3.63, 3.8) is 0 Å². The number of aliphatic hydroxyl groups is 4. The molecule has 4 saturated heterocycles. The van der Waals surface area contributed by atoms with Crippen LogP contribution in [0.15, 0.2) is 30.3 Å². The highest BCUT2D eigenvalue weighted by molar-refractivity contribution is 5.16. The van der Waals surface area contributed by atoms with E-state index in [1.165, 1.54) is 0 Å². The molecule has 0 saturated carbocycles. The van der Waals surface area contributed by atoms with E-state index < -0.39 is 67.7 Å². The molecule has 1 aromatic carbocycles. The van der Waals surface area contributed by atoms with Gasteiger partial charge in [0.25, 0.3) is 0 Å². The number of benzene rings is 1. The van der Waals surface area contributed by atoms with Crippen molar-refractivity contribution in [3.8, 4) is 0 Å². The summed E-state index contributed by atoms with van der Waals surface area (Å²) >= 11 is 0. The molecule has 4 aliphatic heterocycles. The van der Waals surface area contributed by atoms with E-state index >= 15 is 0 Å². The molecule has 4 fully saturated rings. The van der Waals surface area contributed by atoms with E-state index in [1.54, 1.807) is 0 Å². The van der Waals surface area contributed by atoms with E-state index in [-0.39, 0.29) is 13.2 Å². The lowest BCUT2D eigenvalue weighted by molar-refractivity contribution is -0.376. The van der Waals surface area contributed by atoms with Crippen molar-refractivity contribution in [2.24, 2.45) is 0 Å². The highest BCUT2D eigenvalue weighted by atomic mass is 16.8. The minimum Gasteiger partial charge on any atom is -0.387 e. The van der Waals surface area contributed by atoms with Crippen molar-refractivity contribution in [1.29, 1.82) is 0 Å². The molecule has 11 atom stereocenters. The second kappa shape index (κ2) is 7.82. The zero-order chi connectivity index (χ0) is 20.1. The van der Waals surface area contributed by atoms with Crippen molar-refractivity contribution in [3.05, 3.63) is 35.9 Å². The number of hydrogen-bond donors (Lipinski definition) is 4. The minimum atomic E-state index is -1.44. The lowest BCUT2D eigenvalue weighted by atomic mass is 9.97. The predicted molar refractivity (Wildman–Crippen MR) is 92.2 cm³/mol. The summed E-state index contributed by atoms with van der Waals surface area (Å²) in [5, 5.41) is 41.5. The van der Waals surface area contributed by atoms with Crippen molar-refractivity contribution in [2.75, 3.05) is 13.2 Å². The molecule has 0 aromatic heterocycles. The second-order valence-electron chi connectivity index (χ2n) is 7.66. The number of aliphatic hydroxyl groups excluding tert-OH is 4. The Labute approximate surface area is 166 Å². The van der Waals surface area contributed by atoms with Gasteiger partial charge in [0.2, 0.25) is 0 Å². The summed E-state index contributed by atoms with van der Waals surface area (Å²) in [6.07, 6.45) is -11.3. The van der Waals surface area contributed by atoms with Gasteiger partial charge in [0.05, 0.1) is 13.2 Å². The first-order chi connectivity index (χ1) is 14.0. The van der Waals surface area contributed by atoms with Crippen LogP contribution < -0.4 is 0 Å². The van der Waals surface area contributed by atoms with Crippen LogP contribution in [0.2, 0.25) is 0 Å². The lowest BCUT2D eigenvalue weighted by Gasteiger charge is -2.47. The molecule has 4 aliphatic rings. The van der Waals surface area contributed by atoms with Gasteiger partial charge in [-0.15, -0.1) is 0 Å². The molecule has 5 rings (SSSR count). The fourth-order valence-corrected chi connectivity index (χ4v) is 4.16. The second-order valence-corrected chi connectivity index (χ2v) is 7.66. The Morgan fingerprint density at radius 2 is 1.52 bits per heavy atom. The third-order valence-corrected chi connectivity index (χ3v) is 5.76. The molecule has 160 valence electrons. The zero-order valence-electron chi connectivity index (χ0n) is 15.4. The third kappa shape index (κ3) is 3.49. The van der Waals surface area contributed by atoms with Crippen molar-refractivity contribution < 1.29 is 48.8 Å². The van der Waals surface area contributed by atoms with E-state index in [2.05, 4.69) is 0 Å². The molecular formula is C19H24O10. The third-order valence-electron chi connectivity index (χ3n) is 5.76. The molecule has 0 spiro atoms. The minimum absolute atomic E-state index is 0.120. The number of ether oxygens (including phenoxy) is 6. The molecule has 29 heavy (non-hydrogen) atoms. The van der Waals surface area contributed by atoms with Crippen LogP contribution >= 0.6 is 0 Å². The number of fused-ring (bicyclic) bond motifs is 3. The normalized spacial score (nSPS) is 49.6. The maximum Gasteiger partial charge on any atom is 0.187 e.